The number of primary amides is 1. The van der Waals surface area contributed by atoms with E-state index < -0.39 is 6.09 Å². The van der Waals surface area contributed by atoms with Gasteiger partial charge in [0.2, 0.25) is 0 Å². The summed E-state index contributed by atoms with van der Waals surface area (Å²) >= 11 is 6.66. The number of ether oxygens (including phenoxy) is 1. The Morgan fingerprint density at radius 2 is 2.53 bits per heavy atom. The van der Waals surface area contributed by atoms with Crippen molar-refractivity contribution in [3.8, 4) is 10.7 Å². The monoisotopic (exact) mass is 270 g/mol. The van der Waals surface area contributed by atoms with Crippen LogP contribution in [0.4, 0.5) is 4.79 Å². The van der Waals surface area contributed by atoms with Gasteiger partial charge in [-0.25, -0.2) is 4.79 Å². The zero-order chi connectivity index (χ0) is 12.3. The molecule has 0 bridgehead atoms. The second-order valence-corrected chi connectivity index (χ2v) is 4.48. The van der Waals surface area contributed by atoms with Gasteiger partial charge in [0.15, 0.2) is 10.6 Å². The third-order valence-corrected chi connectivity index (χ3v) is 3.24. The van der Waals surface area contributed by atoms with Gasteiger partial charge in [-0.15, -0.1) is 11.3 Å². The molecule has 2 heterocycles. The van der Waals surface area contributed by atoms with Gasteiger partial charge in [0.1, 0.15) is 6.61 Å². The third kappa shape index (κ3) is 2.71. The molecule has 0 atom stereocenters. The van der Waals surface area contributed by atoms with E-state index >= 15 is 0 Å². The molecule has 2 aromatic heterocycles. The summed E-state index contributed by atoms with van der Waals surface area (Å²) in [5, 5.41) is 8.81. The molecule has 0 aliphatic heterocycles. The third-order valence-electron chi connectivity index (χ3n) is 2.06. The summed E-state index contributed by atoms with van der Waals surface area (Å²) in [6.07, 6.45) is -0.794. The summed E-state index contributed by atoms with van der Waals surface area (Å²) in [5.41, 5.74) is 4.88. The Morgan fingerprint density at radius 1 is 1.71 bits per heavy atom. The maximum absolute atomic E-state index is 10.5. The number of rotatable bonds is 4. The maximum Gasteiger partial charge on any atom is 0.404 e. The van der Waals surface area contributed by atoms with E-state index in [0.717, 1.165) is 10.7 Å². The Bertz CT molecular complexity index is 558. The zero-order valence-corrected chi connectivity index (χ0v) is 10.4. The number of nitrogens with zero attached hydrogens (tertiary/aromatic N) is 2. The summed E-state index contributed by atoms with van der Waals surface area (Å²) in [5.74, 6) is 0.734. The van der Waals surface area contributed by atoms with Crippen molar-refractivity contribution in [1.29, 1.82) is 0 Å². The molecule has 0 spiro atoms. The molecule has 0 saturated heterocycles. The Morgan fingerprint density at radius 3 is 3.18 bits per heavy atom. The topological polar surface area (TPSA) is 85.9 Å². The Labute approximate surface area is 106 Å². The highest BCUT2D eigenvalue weighted by Crippen LogP contribution is 2.22. The van der Waals surface area contributed by atoms with Crippen LogP contribution in [-0.2, 0) is 11.3 Å². The van der Waals surface area contributed by atoms with Gasteiger partial charge in [-0.05, 0) is 23.7 Å². The number of nitrogens with one attached hydrogen (secondary N) is 1. The van der Waals surface area contributed by atoms with E-state index in [2.05, 4.69) is 14.9 Å². The first kappa shape index (κ1) is 11.8. The van der Waals surface area contributed by atoms with Gasteiger partial charge >= 0.3 is 6.09 Å². The summed E-state index contributed by atoms with van der Waals surface area (Å²) in [6.45, 7) is 0.590. The van der Waals surface area contributed by atoms with Crippen LogP contribution in [0.1, 0.15) is 0 Å². The van der Waals surface area contributed by atoms with Crippen LogP contribution < -0.4 is 5.73 Å². The molecule has 0 fully saturated rings. The number of H-pyrrole nitrogens is 1. The van der Waals surface area contributed by atoms with Gasteiger partial charge in [0.05, 0.1) is 11.4 Å². The number of carbonyl (C=O) groups excluding carboxylic acids is 1. The molecule has 0 unspecified atom stereocenters. The normalized spacial score (nSPS) is 10.4. The molecule has 6 nitrogen and oxygen atoms in total. The lowest BCUT2D eigenvalue weighted by molar-refractivity contribution is 0.152. The smallest absolute Gasteiger partial charge is 0.404 e. The molecule has 90 valence electrons. The lowest BCUT2D eigenvalue weighted by Crippen LogP contribution is -2.17. The van der Waals surface area contributed by atoms with Gasteiger partial charge in [0.25, 0.3) is 0 Å². The largest absolute Gasteiger partial charge is 0.448 e. The highest BCUT2D eigenvalue weighted by molar-refractivity contribution is 7.71. The molecule has 2 aromatic rings. The van der Waals surface area contributed by atoms with Crippen LogP contribution >= 0.6 is 23.6 Å². The Hall–Kier alpha value is -1.67. The fourth-order valence-corrected chi connectivity index (χ4v) is 2.30. The van der Waals surface area contributed by atoms with Gasteiger partial charge in [-0.2, -0.15) is 5.10 Å². The van der Waals surface area contributed by atoms with Crippen molar-refractivity contribution < 1.29 is 9.53 Å². The first-order valence-corrected chi connectivity index (χ1v) is 6.08. The summed E-state index contributed by atoms with van der Waals surface area (Å²) in [6, 6.07) is 3.88. The fraction of sp³-hybridized carbons (Fsp3) is 0.222. The van der Waals surface area contributed by atoms with Crippen LogP contribution in [0.2, 0.25) is 0 Å². The SMILES string of the molecule is NC(=O)OCCn1c(-c2cccs2)n[nH]c1=S. The van der Waals surface area contributed by atoms with E-state index in [1.165, 1.54) is 0 Å². The quantitative estimate of drug-likeness (QED) is 0.829. The molecule has 8 heteroatoms. The Balaban J connectivity index is 2.19. The summed E-state index contributed by atoms with van der Waals surface area (Å²) in [4.78, 5) is 11.5. The van der Waals surface area contributed by atoms with Crippen LogP contribution in [0.15, 0.2) is 17.5 Å². The van der Waals surface area contributed by atoms with Crippen LogP contribution in [-0.4, -0.2) is 27.5 Å². The van der Waals surface area contributed by atoms with E-state index in [9.17, 15) is 4.79 Å². The predicted molar refractivity (Wildman–Crippen MR) is 66.3 cm³/mol. The number of hydrogen-bond donors (Lipinski definition) is 2. The number of aromatic amines is 1. The minimum atomic E-state index is -0.794. The minimum Gasteiger partial charge on any atom is -0.448 e. The molecule has 0 saturated carbocycles. The van der Waals surface area contributed by atoms with Gasteiger partial charge in [-0.3, -0.25) is 9.67 Å². The van der Waals surface area contributed by atoms with E-state index in [4.69, 9.17) is 18.0 Å². The standard InChI is InChI=1S/C9H10N4O2S2/c10-8(14)15-4-3-13-7(11-12-9(13)16)6-2-1-5-17-6/h1-2,5H,3-4H2,(H2,10,14)(H,12,16). The van der Waals surface area contributed by atoms with Crippen molar-refractivity contribution in [2.24, 2.45) is 5.73 Å². The molecule has 1 amide bonds. The average Bonchev–Trinajstić information content (AvgIpc) is 2.88. The van der Waals surface area contributed by atoms with E-state index in [0.29, 0.717) is 11.3 Å². The molecular formula is C9H10N4O2S2. The molecule has 0 aliphatic rings. The molecule has 0 radical (unpaired) electrons. The van der Waals surface area contributed by atoms with Crippen molar-refractivity contribution in [3.05, 3.63) is 22.3 Å². The van der Waals surface area contributed by atoms with Crippen LogP contribution in [0.25, 0.3) is 10.7 Å². The number of nitrogens with two attached hydrogens (primary N) is 1. The molecule has 0 aliphatic carbocycles. The van der Waals surface area contributed by atoms with Crippen LogP contribution in [0, 0.1) is 4.77 Å². The zero-order valence-electron chi connectivity index (χ0n) is 8.75. The number of hydrogen-bond acceptors (Lipinski definition) is 5. The lowest BCUT2D eigenvalue weighted by Gasteiger charge is -2.05. The number of carbonyl (C=O) groups is 1. The highest BCUT2D eigenvalue weighted by atomic mass is 32.1. The van der Waals surface area contributed by atoms with Crippen LogP contribution in [0.5, 0.6) is 0 Å². The number of amides is 1. The van der Waals surface area contributed by atoms with E-state index in [1.54, 1.807) is 15.9 Å². The van der Waals surface area contributed by atoms with Crippen LogP contribution in [0.3, 0.4) is 0 Å². The average molecular weight is 270 g/mol. The highest BCUT2D eigenvalue weighted by Gasteiger charge is 2.09. The summed E-state index contributed by atoms with van der Waals surface area (Å²) in [7, 11) is 0. The first-order valence-electron chi connectivity index (χ1n) is 4.80. The molecule has 0 aromatic carbocycles. The molecular weight excluding hydrogens is 260 g/mol. The Kier molecular flexibility index (Phi) is 3.55. The van der Waals surface area contributed by atoms with Gasteiger partial charge < -0.3 is 10.5 Å². The van der Waals surface area contributed by atoms with Gasteiger partial charge in [-0.1, -0.05) is 6.07 Å². The van der Waals surface area contributed by atoms with Crippen molar-refractivity contribution >= 4 is 29.6 Å². The number of aromatic nitrogens is 3. The van der Waals surface area contributed by atoms with Crippen molar-refractivity contribution in [2.45, 2.75) is 6.54 Å². The van der Waals surface area contributed by atoms with E-state index in [-0.39, 0.29) is 6.61 Å². The first-order chi connectivity index (χ1) is 8.18. The second-order valence-electron chi connectivity index (χ2n) is 3.15. The summed E-state index contributed by atoms with van der Waals surface area (Å²) < 4.78 is 6.93. The fourth-order valence-electron chi connectivity index (χ4n) is 1.36. The van der Waals surface area contributed by atoms with Crippen molar-refractivity contribution in [1.82, 2.24) is 14.8 Å². The van der Waals surface area contributed by atoms with Gasteiger partial charge in [0, 0.05) is 0 Å². The maximum atomic E-state index is 10.5. The molecule has 3 N–H and O–H groups in total. The van der Waals surface area contributed by atoms with Crippen molar-refractivity contribution in [3.63, 3.8) is 0 Å². The molecule has 17 heavy (non-hydrogen) atoms. The number of thiophene rings is 1. The lowest BCUT2D eigenvalue weighted by atomic mass is 10.4. The second kappa shape index (κ2) is 5.11. The minimum absolute atomic E-state index is 0.168. The molecule has 2 rings (SSSR count). The van der Waals surface area contributed by atoms with E-state index in [1.807, 2.05) is 17.5 Å². The predicted octanol–water partition coefficient (Wildman–Crippen LogP) is 1.76. The van der Waals surface area contributed by atoms with Crippen molar-refractivity contribution in [2.75, 3.05) is 6.61 Å².